The van der Waals surface area contributed by atoms with Crippen molar-refractivity contribution in [1.82, 2.24) is 0 Å². The molecule has 0 saturated carbocycles. The van der Waals surface area contributed by atoms with Crippen molar-refractivity contribution in [3.05, 3.63) is 0 Å². The van der Waals surface area contributed by atoms with Gasteiger partial charge in [0.05, 0.1) is 0 Å². The Morgan fingerprint density at radius 3 is 2.25 bits per heavy atom. The van der Waals surface area contributed by atoms with Gasteiger partial charge in [-0.1, -0.05) is 6.92 Å². The van der Waals surface area contributed by atoms with Gasteiger partial charge in [0.1, 0.15) is 26.1 Å². The van der Waals surface area contributed by atoms with E-state index in [-0.39, 0.29) is 41.8 Å². The average molecular weight is 276 g/mol. The van der Waals surface area contributed by atoms with E-state index in [0.29, 0.717) is 19.3 Å². The summed E-state index contributed by atoms with van der Waals surface area (Å²) in [4.78, 5) is 22.0. The number of ketones is 2. The minimum Gasteiger partial charge on any atom is -0.709 e. The molecule has 8 heteroatoms. The molecule has 0 heterocycles. The van der Waals surface area contributed by atoms with Gasteiger partial charge in [0.25, 0.3) is 0 Å². The molecule has 0 bridgehead atoms. The van der Waals surface area contributed by atoms with Gasteiger partial charge in [-0.3, -0.25) is 9.59 Å². The zero-order valence-corrected chi connectivity index (χ0v) is 13.0. The minimum atomic E-state index is -3.43. The predicted molar refractivity (Wildman–Crippen MR) is 55.6 cm³/mol. The standard InChI is InChI=1S/C8H14O5S2.Na/c1-2-7(9)4-3-5-8(10)6-15(12,14)13-11;/h11H,2-6H2,1H3;/q;+1/p-1. The van der Waals surface area contributed by atoms with Crippen LogP contribution in [0.4, 0.5) is 0 Å². The van der Waals surface area contributed by atoms with Crippen LogP contribution in [0.15, 0.2) is 0 Å². The van der Waals surface area contributed by atoms with Crippen molar-refractivity contribution >= 4 is 31.5 Å². The van der Waals surface area contributed by atoms with Crippen molar-refractivity contribution in [2.75, 3.05) is 5.75 Å². The van der Waals surface area contributed by atoms with E-state index >= 15 is 0 Å². The van der Waals surface area contributed by atoms with Crippen molar-refractivity contribution in [3.63, 3.8) is 0 Å². The van der Waals surface area contributed by atoms with Crippen LogP contribution in [0.3, 0.4) is 0 Å². The summed E-state index contributed by atoms with van der Waals surface area (Å²) >= 11 is 4.25. The maximum atomic E-state index is 11.1. The summed E-state index contributed by atoms with van der Waals surface area (Å²) in [5, 5.41) is 9.83. The molecule has 0 aliphatic carbocycles. The van der Waals surface area contributed by atoms with E-state index in [4.69, 9.17) is 0 Å². The van der Waals surface area contributed by atoms with Crippen LogP contribution in [0.2, 0.25) is 0 Å². The fourth-order valence-electron chi connectivity index (χ4n) is 0.953. The number of hydrogen-bond acceptors (Lipinski definition) is 6. The summed E-state index contributed by atoms with van der Waals surface area (Å²) in [6.45, 7) is 1.74. The Bertz CT molecular complexity index is 325. The molecule has 0 amide bonds. The normalized spacial score (nSPS) is 13.6. The van der Waals surface area contributed by atoms with E-state index in [1.54, 1.807) is 6.92 Å². The van der Waals surface area contributed by atoms with Crippen LogP contribution in [-0.2, 0) is 33.9 Å². The van der Waals surface area contributed by atoms with Crippen molar-refractivity contribution in [2.45, 2.75) is 32.6 Å². The van der Waals surface area contributed by atoms with Gasteiger partial charge >= 0.3 is 29.6 Å². The van der Waals surface area contributed by atoms with Gasteiger partial charge in [-0.05, 0) is 6.42 Å². The molecule has 1 atom stereocenters. The fourth-order valence-corrected chi connectivity index (χ4v) is 1.93. The van der Waals surface area contributed by atoms with Crippen molar-refractivity contribution in [2.24, 2.45) is 0 Å². The largest absolute Gasteiger partial charge is 1.00 e. The first-order chi connectivity index (χ1) is 6.91. The first-order valence-electron chi connectivity index (χ1n) is 4.48. The molecule has 0 aromatic heterocycles. The molecule has 0 spiro atoms. The van der Waals surface area contributed by atoms with Gasteiger partial charge in [0.2, 0.25) is 0 Å². The first-order valence-corrected chi connectivity index (χ1v) is 7.06. The van der Waals surface area contributed by atoms with Crippen molar-refractivity contribution < 1.29 is 52.9 Å². The van der Waals surface area contributed by atoms with Crippen LogP contribution < -0.4 is 34.8 Å². The molecule has 16 heavy (non-hydrogen) atoms. The summed E-state index contributed by atoms with van der Waals surface area (Å²) in [6, 6.07) is 0. The Kier molecular flexibility index (Phi) is 11.4. The molecule has 0 rings (SSSR count). The summed E-state index contributed by atoms with van der Waals surface area (Å²) in [7, 11) is -3.43. The number of Topliss-reactive ketones (excluding diaryl/α,β-unsaturated/α-hetero) is 2. The van der Waals surface area contributed by atoms with E-state index in [0.717, 1.165) is 0 Å². The molecule has 88 valence electrons. The molecule has 0 aliphatic rings. The SMILES string of the molecule is CCC(=O)CCCC(=O)CS(=O)(=S)O[O-].[Na+]. The number of hydrogen-bond donors (Lipinski definition) is 0. The molecule has 0 fully saturated rings. The molecule has 1 unspecified atom stereocenters. The summed E-state index contributed by atoms with van der Waals surface area (Å²) < 4.78 is 14.2. The molecular weight excluding hydrogens is 263 g/mol. The topological polar surface area (TPSA) is 83.5 Å². The van der Waals surface area contributed by atoms with E-state index < -0.39 is 20.3 Å². The fraction of sp³-hybridized carbons (Fsp3) is 0.750. The molecule has 0 saturated heterocycles. The molecule has 0 aromatic carbocycles. The summed E-state index contributed by atoms with van der Waals surface area (Å²) in [5.41, 5.74) is 0. The molecule has 5 nitrogen and oxygen atoms in total. The van der Waals surface area contributed by atoms with E-state index in [2.05, 4.69) is 15.5 Å². The van der Waals surface area contributed by atoms with Crippen LogP contribution in [0.25, 0.3) is 0 Å². The molecule has 0 aromatic rings. The van der Waals surface area contributed by atoms with Crippen LogP contribution in [-0.4, -0.2) is 21.5 Å². The number of carbonyl (C=O) groups excluding carboxylic acids is 2. The van der Waals surface area contributed by atoms with Gasteiger partial charge in [0, 0.05) is 30.5 Å². The van der Waals surface area contributed by atoms with Gasteiger partial charge in [-0.25, -0.2) is 4.21 Å². The Balaban J connectivity index is 0. The van der Waals surface area contributed by atoms with Crippen LogP contribution >= 0.6 is 0 Å². The summed E-state index contributed by atoms with van der Waals surface area (Å²) in [6.07, 6.45) is 1.26. The Labute approximate surface area is 122 Å². The molecular formula is C8H13NaO5S2. The molecule has 0 radical (unpaired) electrons. The number of rotatable bonds is 8. The maximum Gasteiger partial charge on any atom is 1.00 e. The molecule has 0 aliphatic heterocycles. The van der Waals surface area contributed by atoms with Crippen molar-refractivity contribution in [3.8, 4) is 0 Å². The third-order valence-corrected chi connectivity index (χ3v) is 3.15. The van der Waals surface area contributed by atoms with E-state index in [1.807, 2.05) is 0 Å². The van der Waals surface area contributed by atoms with Crippen LogP contribution in [0.1, 0.15) is 32.6 Å². The van der Waals surface area contributed by atoms with Crippen LogP contribution in [0, 0.1) is 0 Å². The van der Waals surface area contributed by atoms with E-state index in [1.165, 1.54) is 0 Å². The zero-order valence-electron chi connectivity index (χ0n) is 9.39. The Morgan fingerprint density at radius 1 is 1.31 bits per heavy atom. The molecule has 0 N–H and O–H groups in total. The van der Waals surface area contributed by atoms with Gasteiger partial charge in [-0.2, -0.15) is 0 Å². The van der Waals surface area contributed by atoms with Gasteiger partial charge in [0.15, 0.2) is 0 Å². The smallest absolute Gasteiger partial charge is 0.709 e. The second-order valence-corrected chi connectivity index (χ2v) is 6.12. The third kappa shape index (κ3) is 9.83. The van der Waals surface area contributed by atoms with Crippen LogP contribution in [0.5, 0.6) is 0 Å². The van der Waals surface area contributed by atoms with Gasteiger partial charge < -0.3 is 9.59 Å². The number of carbonyl (C=O) groups is 2. The quantitative estimate of drug-likeness (QED) is 0.262. The monoisotopic (exact) mass is 276 g/mol. The second-order valence-electron chi connectivity index (χ2n) is 3.05. The Morgan fingerprint density at radius 2 is 1.81 bits per heavy atom. The average Bonchev–Trinajstić information content (AvgIpc) is 2.16. The third-order valence-electron chi connectivity index (χ3n) is 1.75. The second kappa shape index (κ2) is 9.64. The van der Waals surface area contributed by atoms with Crippen molar-refractivity contribution in [1.29, 1.82) is 0 Å². The minimum absolute atomic E-state index is 0. The Hall–Kier alpha value is 0.630. The first kappa shape index (κ1) is 19.0. The predicted octanol–water partition coefficient (Wildman–Crippen LogP) is -3.34. The zero-order chi connectivity index (χ0) is 11.9. The maximum absolute atomic E-state index is 11.1. The summed E-state index contributed by atoms with van der Waals surface area (Å²) in [5.74, 6) is -0.886. The van der Waals surface area contributed by atoms with E-state index in [9.17, 15) is 19.1 Å². The van der Waals surface area contributed by atoms with Gasteiger partial charge in [-0.15, -0.1) is 0 Å².